The van der Waals surface area contributed by atoms with Gasteiger partial charge in [-0.25, -0.2) is 4.79 Å². The molecule has 2 heteroatoms. The number of unbranched alkanes of at least 4 members (excludes halogenated alkanes) is 7. The van der Waals surface area contributed by atoms with Gasteiger partial charge in [0, 0.05) is 6.08 Å². The monoisotopic (exact) mass is 268 g/mol. The summed E-state index contributed by atoms with van der Waals surface area (Å²) in [5.74, 6) is -0.302. The van der Waals surface area contributed by atoms with Crippen LogP contribution in [0.15, 0.2) is 12.7 Å². The van der Waals surface area contributed by atoms with Crippen molar-refractivity contribution in [3.63, 3.8) is 0 Å². The van der Waals surface area contributed by atoms with Gasteiger partial charge in [-0.2, -0.15) is 0 Å². The van der Waals surface area contributed by atoms with Gasteiger partial charge in [0.2, 0.25) is 0 Å². The average Bonchev–Trinajstić information content (AvgIpc) is 2.41. The van der Waals surface area contributed by atoms with E-state index in [2.05, 4.69) is 20.4 Å². The molecule has 0 amide bonds. The molecule has 0 aromatic heterocycles. The minimum absolute atomic E-state index is 0.302. The highest BCUT2D eigenvalue weighted by Crippen LogP contribution is 2.24. The Bertz CT molecular complexity index is 248. The molecule has 0 heterocycles. The van der Waals surface area contributed by atoms with E-state index < -0.39 is 0 Å². The third kappa shape index (κ3) is 9.75. The highest BCUT2D eigenvalue weighted by molar-refractivity contribution is 5.81. The summed E-state index contributed by atoms with van der Waals surface area (Å²) >= 11 is 0. The number of carbonyl (C=O) groups is 1. The lowest BCUT2D eigenvalue weighted by Crippen LogP contribution is -2.30. The van der Waals surface area contributed by atoms with Gasteiger partial charge in [0.05, 0.1) is 0 Å². The summed E-state index contributed by atoms with van der Waals surface area (Å²) in [5.41, 5.74) is -0.312. The molecule has 0 spiro atoms. The van der Waals surface area contributed by atoms with Gasteiger partial charge in [-0.1, -0.05) is 65.4 Å². The molecule has 0 saturated carbocycles. The lowest BCUT2D eigenvalue weighted by Gasteiger charge is -2.27. The molecule has 0 aliphatic rings. The lowest BCUT2D eigenvalue weighted by molar-refractivity contribution is -0.152. The fraction of sp³-hybridized carbons (Fsp3) is 0.824. The molecular weight excluding hydrogens is 236 g/mol. The smallest absolute Gasteiger partial charge is 0.330 e. The van der Waals surface area contributed by atoms with E-state index in [1.165, 1.54) is 51.0 Å². The van der Waals surface area contributed by atoms with Crippen LogP contribution in [0.5, 0.6) is 0 Å². The average molecular weight is 268 g/mol. The zero-order valence-corrected chi connectivity index (χ0v) is 13.2. The molecule has 19 heavy (non-hydrogen) atoms. The predicted octanol–water partition coefficient (Wildman–Crippen LogP) is 5.42. The maximum Gasteiger partial charge on any atom is 0.330 e. The minimum Gasteiger partial charge on any atom is -0.456 e. The van der Waals surface area contributed by atoms with Crippen LogP contribution in [0.2, 0.25) is 0 Å². The Morgan fingerprint density at radius 3 is 2.05 bits per heavy atom. The normalized spacial score (nSPS) is 13.8. The first-order chi connectivity index (χ1) is 9.08. The number of carbonyl (C=O) groups excluding carboxylic acids is 1. The molecule has 1 atom stereocenters. The van der Waals surface area contributed by atoms with Gasteiger partial charge in [-0.05, 0) is 26.2 Å². The van der Waals surface area contributed by atoms with Crippen LogP contribution >= 0.6 is 0 Å². The van der Waals surface area contributed by atoms with Gasteiger partial charge in [-0.3, -0.25) is 0 Å². The summed E-state index contributed by atoms with van der Waals surface area (Å²) in [6.45, 7) is 9.79. The van der Waals surface area contributed by atoms with Crippen molar-refractivity contribution >= 4 is 5.97 Å². The van der Waals surface area contributed by atoms with Gasteiger partial charge < -0.3 is 4.74 Å². The number of esters is 1. The van der Waals surface area contributed by atoms with Crippen molar-refractivity contribution in [3.05, 3.63) is 12.7 Å². The highest BCUT2D eigenvalue weighted by Gasteiger charge is 2.24. The fourth-order valence-corrected chi connectivity index (χ4v) is 2.22. The molecule has 0 aliphatic heterocycles. The Labute approximate surface area is 119 Å². The zero-order chi connectivity index (χ0) is 14.6. The van der Waals surface area contributed by atoms with E-state index in [0.717, 1.165) is 19.3 Å². The molecule has 0 aliphatic carbocycles. The van der Waals surface area contributed by atoms with Crippen molar-refractivity contribution in [2.75, 3.05) is 0 Å². The minimum atomic E-state index is -0.312. The Hall–Kier alpha value is -0.790. The topological polar surface area (TPSA) is 26.3 Å². The molecular formula is C17H32O2. The van der Waals surface area contributed by atoms with E-state index in [-0.39, 0.29) is 11.6 Å². The first kappa shape index (κ1) is 18.2. The highest BCUT2D eigenvalue weighted by atomic mass is 16.6. The van der Waals surface area contributed by atoms with E-state index in [4.69, 9.17) is 4.74 Å². The van der Waals surface area contributed by atoms with Crippen LogP contribution in [0.4, 0.5) is 0 Å². The molecule has 0 bridgehead atoms. The quantitative estimate of drug-likeness (QED) is 0.268. The zero-order valence-electron chi connectivity index (χ0n) is 13.2. The van der Waals surface area contributed by atoms with Gasteiger partial charge in [0.25, 0.3) is 0 Å². The molecule has 0 rings (SSSR count). The van der Waals surface area contributed by atoms with Crippen LogP contribution in [0.3, 0.4) is 0 Å². The SMILES string of the molecule is C=CC(=O)OC(C)(CC)CCCCCCCCCC. The summed E-state index contributed by atoms with van der Waals surface area (Å²) in [4.78, 5) is 11.3. The van der Waals surface area contributed by atoms with E-state index in [9.17, 15) is 4.79 Å². The van der Waals surface area contributed by atoms with E-state index >= 15 is 0 Å². The third-order valence-corrected chi connectivity index (χ3v) is 3.82. The largest absolute Gasteiger partial charge is 0.456 e. The molecule has 0 N–H and O–H groups in total. The Morgan fingerprint density at radius 1 is 1.05 bits per heavy atom. The van der Waals surface area contributed by atoms with Crippen LogP contribution in [0.1, 0.15) is 85.0 Å². The van der Waals surface area contributed by atoms with Crippen LogP contribution in [-0.2, 0) is 9.53 Å². The molecule has 0 radical (unpaired) electrons. The van der Waals surface area contributed by atoms with Crippen LogP contribution in [0, 0.1) is 0 Å². The van der Waals surface area contributed by atoms with Crippen LogP contribution in [-0.4, -0.2) is 11.6 Å². The molecule has 0 saturated heterocycles. The number of rotatable bonds is 12. The molecule has 0 fully saturated rings. The van der Waals surface area contributed by atoms with Crippen LogP contribution in [0.25, 0.3) is 0 Å². The number of ether oxygens (including phenoxy) is 1. The van der Waals surface area contributed by atoms with E-state index in [1.807, 2.05) is 6.92 Å². The Balaban J connectivity index is 3.66. The standard InChI is InChI=1S/C17H32O2/c1-5-8-9-10-11-12-13-14-15-17(4,7-3)19-16(18)6-2/h6H,2,5,7-15H2,1,3-4H3. The molecule has 112 valence electrons. The van der Waals surface area contributed by atoms with Gasteiger partial charge in [0.1, 0.15) is 5.60 Å². The maximum absolute atomic E-state index is 11.3. The van der Waals surface area contributed by atoms with Gasteiger partial charge in [0.15, 0.2) is 0 Å². The molecule has 2 nitrogen and oxygen atoms in total. The Morgan fingerprint density at radius 2 is 1.58 bits per heavy atom. The summed E-state index contributed by atoms with van der Waals surface area (Å²) in [6, 6.07) is 0. The van der Waals surface area contributed by atoms with Gasteiger partial charge in [-0.15, -0.1) is 0 Å². The summed E-state index contributed by atoms with van der Waals surface area (Å²) < 4.78 is 5.44. The first-order valence-corrected chi connectivity index (χ1v) is 7.93. The second-order valence-corrected chi connectivity index (χ2v) is 5.65. The lowest BCUT2D eigenvalue weighted by atomic mass is 9.94. The third-order valence-electron chi connectivity index (χ3n) is 3.82. The second-order valence-electron chi connectivity index (χ2n) is 5.65. The summed E-state index contributed by atoms with van der Waals surface area (Å²) in [6.07, 6.45) is 13.5. The molecule has 1 unspecified atom stereocenters. The van der Waals surface area contributed by atoms with E-state index in [1.54, 1.807) is 0 Å². The molecule has 0 aromatic carbocycles. The van der Waals surface area contributed by atoms with Crippen molar-refractivity contribution in [1.29, 1.82) is 0 Å². The second kappa shape index (κ2) is 11.1. The molecule has 0 aromatic rings. The van der Waals surface area contributed by atoms with Crippen molar-refractivity contribution in [1.82, 2.24) is 0 Å². The Kier molecular flexibility index (Phi) is 10.6. The van der Waals surface area contributed by atoms with Crippen molar-refractivity contribution < 1.29 is 9.53 Å². The summed E-state index contributed by atoms with van der Waals surface area (Å²) in [7, 11) is 0. The van der Waals surface area contributed by atoms with Crippen molar-refractivity contribution in [3.8, 4) is 0 Å². The fourth-order valence-electron chi connectivity index (χ4n) is 2.22. The maximum atomic E-state index is 11.3. The number of hydrogen-bond acceptors (Lipinski definition) is 2. The first-order valence-electron chi connectivity index (χ1n) is 7.93. The number of hydrogen-bond donors (Lipinski definition) is 0. The van der Waals surface area contributed by atoms with E-state index in [0.29, 0.717) is 0 Å². The van der Waals surface area contributed by atoms with Crippen molar-refractivity contribution in [2.24, 2.45) is 0 Å². The predicted molar refractivity (Wildman–Crippen MR) is 82.2 cm³/mol. The van der Waals surface area contributed by atoms with Crippen molar-refractivity contribution in [2.45, 2.75) is 90.6 Å². The summed E-state index contributed by atoms with van der Waals surface area (Å²) in [5, 5.41) is 0. The van der Waals surface area contributed by atoms with Gasteiger partial charge >= 0.3 is 5.97 Å². The van der Waals surface area contributed by atoms with Crippen LogP contribution < -0.4 is 0 Å².